The maximum absolute atomic E-state index is 13.1. The van der Waals surface area contributed by atoms with Crippen molar-refractivity contribution in [3.8, 4) is 5.69 Å². The molecule has 0 aliphatic rings. The number of aliphatic carboxylic acids is 1. The van der Waals surface area contributed by atoms with Crippen LogP contribution in [0.15, 0.2) is 24.4 Å². The van der Waals surface area contributed by atoms with Crippen molar-refractivity contribution in [3.63, 3.8) is 0 Å². The van der Waals surface area contributed by atoms with Gasteiger partial charge in [0, 0.05) is 6.54 Å². The summed E-state index contributed by atoms with van der Waals surface area (Å²) in [6.07, 6.45) is 2.95. The first kappa shape index (κ1) is 16.4. The molecule has 1 atom stereocenters. The Balaban J connectivity index is 2.05. The molecule has 0 fully saturated rings. The van der Waals surface area contributed by atoms with E-state index >= 15 is 0 Å². The number of carbonyl (C=O) groups is 1. The Hall–Kier alpha value is -1.99. The third-order valence-electron chi connectivity index (χ3n) is 3.11. The van der Waals surface area contributed by atoms with E-state index in [1.165, 1.54) is 22.9 Å². The molecule has 8 heteroatoms. The second-order valence-corrected chi connectivity index (χ2v) is 5.22. The van der Waals surface area contributed by atoms with Gasteiger partial charge in [0.15, 0.2) is 0 Å². The summed E-state index contributed by atoms with van der Waals surface area (Å²) in [6, 6.07) is 3.61. The highest BCUT2D eigenvalue weighted by atomic mass is 35.5. The minimum atomic E-state index is -0.889. The molecule has 1 aromatic heterocycles. The van der Waals surface area contributed by atoms with Gasteiger partial charge in [-0.1, -0.05) is 30.2 Å². The summed E-state index contributed by atoms with van der Waals surface area (Å²) in [5, 5.41) is 19.9. The van der Waals surface area contributed by atoms with Gasteiger partial charge in [-0.15, -0.1) is 5.10 Å². The van der Waals surface area contributed by atoms with E-state index < -0.39 is 17.8 Å². The zero-order valence-electron chi connectivity index (χ0n) is 12.0. The van der Waals surface area contributed by atoms with Gasteiger partial charge >= 0.3 is 5.97 Å². The Kier molecular flexibility index (Phi) is 5.46. The fourth-order valence-corrected chi connectivity index (χ4v) is 2.14. The van der Waals surface area contributed by atoms with Crippen LogP contribution in [-0.2, 0) is 11.3 Å². The lowest BCUT2D eigenvalue weighted by molar-refractivity contribution is -0.139. The number of halogens is 2. The highest BCUT2D eigenvalue weighted by Gasteiger charge is 2.16. The van der Waals surface area contributed by atoms with Crippen molar-refractivity contribution in [2.45, 2.75) is 32.4 Å². The summed E-state index contributed by atoms with van der Waals surface area (Å²) in [6.45, 7) is 2.21. The van der Waals surface area contributed by atoms with Crippen LogP contribution in [0.1, 0.15) is 25.5 Å². The van der Waals surface area contributed by atoms with Gasteiger partial charge in [-0.05, 0) is 24.6 Å². The molecule has 0 spiro atoms. The summed E-state index contributed by atoms with van der Waals surface area (Å²) in [4.78, 5) is 11.1. The monoisotopic (exact) mass is 326 g/mol. The maximum atomic E-state index is 13.1. The predicted octanol–water partition coefficient (Wildman–Crippen LogP) is 2.40. The maximum Gasteiger partial charge on any atom is 0.320 e. The standard InChI is InChI=1S/C14H16ClFN4O2/c1-2-3-13(14(21)22)17-7-9-8-20(19-18-9)10-4-5-12(16)11(15)6-10/h4-6,8,13,17H,2-3,7H2,1H3,(H,21,22). The van der Waals surface area contributed by atoms with Crippen molar-refractivity contribution in [3.05, 3.63) is 40.9 Å². The van der Waals surface area contributed by atoms with Crippen LogP contribution in [0.3, 0.4) is 0 Å². The van der Waals surface area contributed by atoms with E-state index in [-0.39, 0.29) is 11.6 Å². The highest BCUT2D eigenvalue weighted by molar-refractivity contribution is 6.30. The lowest BCUT2D eigenvalue weighted by atomic mass is 10.1. The van der Waals surface area contributed by atoms with Crippen LogP contribution >= 0.6 is 11.6 Å². The first-order valence-electron chi connectivity index (χ1n) is 6.84. The smallest absolute Gasteiger partial charge is 0.320 e. The van der Waals surface area contributed by atoms with Crippen molar-refractivity contribution in [1.82, 2.24) is 20.3 Å². The number of carboxylic acid groups (broad SMARTS) is 1. The number of nitrogens with one attached hydrogen (secondary N) is 1. The minimum Gasteiger partial charge on any atom is -0.480 e. The van der Waals surface area contributed by atoms with Crippen LogP contribution in [0.4, 0.5) is 4.39 Å². The fourth-order valence-electron chi connectivity index (χ4n) is 1.96. The molecule has 0 radical (unpaired) electrons. The van der Waals surface area contributed by atoms with Crippen LogP contribution in [0, 0.1) is 5.82 Å². The minimum absolute atomic E-state index is 0.00145. The lowest BCUT2D eigenvalue weighted by Gasteiger charge is -2.11. The SMILES string of the molecule is CCCC(NCc1cn(-c2ccc(F)c(Cl)c2)nn1)C(=O)O. The van der Waals surface area contributed by atoms with Gasteiger partial charge in [0.05, 0.1) is 22.6 Å². The summed E-state index contributed by atoms with van der Waals surface area (Å²) in [7, 11) is 0. The third-order valence-corrected chi connectivity index (χ3v) is 3.40. The van der Waals surface area contributed by atoms with Gasteiger partial charge < -0.3 is 5.11 Å². The van der Waals surface area contributed by atoms with E-state index in [1.54, 1.807) is 6.20 Å². The number of aromatic nitrogens is 3. The number of hydrogen-bond donors (Lipinski definition) is 2. The largest absolute Gasteiger partial charge is 0.480 e. The van der Waals surface area contributed by atoms with E-state index in [0.717, 1.165) is 6.42 Å². The summed E-state index contributed by atoms with van der Waals surface area (Å²) in [5.41, 5.74) is 1.16. The average molecular weight is 327 g/mol. The molecule has 6 nitrogen and oxygen atoms in total. The van der Waals surface area contributed by atoms with Crippen molar-refractivity contribution >= 4 is 17.6 Å². The molecular formula is C14H16ClFN4O2. The first-order chi connectivity index (χ1) is 10.5. The third kappa shape index (κ3) is 4.02. The van der Waals surface area contributed by atoms with Crippen molar-refractivity contribution in [2.75, 3.05) is 0 Å². The van der Waals surface area contributed by atoms with Crippen molar-refractivity contribution in [1.29, 1.82) is 0 Å². The molecule has 0 aliphatic carbocycles. The van der Waals surface area contributed by atoms with E-state index in [9.17, 15) is 9.18 Å². The number of carboxylic acids is 1. The van der Waals surface area contributed by atoms with Gasteiger partial charge in [-0.25, -0.2) is 9.07 Å². The number of rotatable bonds is 7. The number of benzene rings is 1. The molecular weight excluding hydrogens is 311 g/mol. The molecule has 22 heavy (non-hydrogen) atoms. The molecule has 0 amide bonds. The molecule has 0 bridgehead atoms. The summed E-state index contributed by atoms with van der Waals surface area (Å²) in [5.74, 6) is -1.39. The lowest BCUT2D eigenvalue weighted by Crippen LogP contribution is -2.36. The van der Waals surface area contributed by atoms with E-state index in [2.05, 4.69) is 15.6 Å². The first-order valence-corrected chi connectivity index (χ1v) is 7.22. The zero-order chi connectivity index (χ0) is 16.1. The van der Waals surface area contributed by atoms with Gasteiger partial charge in [0.1, 0.15) is 11.9 Å². The van der Waals surface area contributed by atoms with Crippen LogP contribution in [0.2, 0.25) is 5.02 Å². The molecule has 2 rings (SSSR count). The Morgan fingerprint density at radius 3 is 2.95 bits per heavy atom. The number of hydrogen-bond acceptors (Lipinski definition) is 4. The Morgan fingerprint density at radius 2 is 2.32 bits per heavy atom. The summed E-state index contributed by atoms with van der Waals surface area (Å²) >= 11 is 5.73. The van der Waals surface area contributed by atoms with E-state index in [1.807, 2.05) is 6.92 Å². The van der Waals surface area contributed by atoms with Crippen molar-refractivity contribution < 1.29 is 14.3 Å². The molecule has 2 aromatic rings. The molecule has 0 aliphatic heterocycles. The molecule has 1 aromatic carbocycles. The highest BCUT2D eigenvalue weighted by Crippen LogP contribution is 2.18. The molecule has 0 saturated carbocycles. The topological polar surface area (TPSA) is 80.0 Å². The van der Waals surface area contributed by atoms with E-state index in [0.29, 0.717) is 17.8 Å². The quantitative estimate of drug-likeness (QED) is 0.816. The molecule has 2 N–H and O–H groups in total. The fraction of sp³-hybridized carbons (Fsp3) is 0.357. The second kappa shape index (κ2) is 7.33. The van der Waals surface area contributed by atoms with Gasteiger partial charge in [-0.2, -0.15) is 0 Å². The Bertz CT molecular complexity index is 662. The Morgan fingerprint density at radius 1 is 1.55 bits per heavy atom. The number of nitrogens with zero attached hydrogens (tertiary/aromatic N) is 3. The summed E-state index contributed by atoms with van der Waals surface area (Å²) < 4.78 is 14.6. The average Bonchev–Trinajstić information content (AvgIpc) is 2.95. The van der Waals surface area contributed by atoms with Gasteiger partial charge in [-0.3, -0.25) is 10.1 Å². The molecule has 1 unspecified atom stereocenters. The molecule has 0 saturated heterocycles. The Labute approximate surface area is 131 Å². The predicted molar refractivity (Wildman–Crippen MR) is 79.5 cm³/mol. The van der Waals surface area contributed by atoms with Crippen LogP contribution in [-0.4, -0.2) is 32.1 Å². The van der Waals surface area contributed by atoms with Crippen LogP contribution in [0.25, 0.3) is 5.69 Å². The van der Waals surface area contributed by atoms with Crippen LogP contribution < -0.4 is 5.32 Å². The zero-order valence-corrected chi connectivity index (χ0v) is 12.7. The second-order valence-electron chi connectivity index (χ2n) is 4.81. The normalized spacial score (nSPS) is 12.3. The van der Waals surface area contributed by atoms with Gasteiger partial charge in [0.25, 0.3) is 0 Å². The van der Waals surface area contributed by atoms with E-state index in [4.69, 9.17) is 16.7 Å². The molecule has 118 valence electrons. The van der Waals surface area contributed by atoms with Gasteiger partial charge in [0.2, 0.25) is 0 Å². The van der Waals surface area contributed by atoms with Crippen LogP contribution in [0.5, 0.6) is 0 Å². The molecule has 1 heterocycles. The van der Waals surface area contributed by atoms with Crippen molar-refractivity contribution in [2.24, 2.45) is 0 Å².